The van der Waals surface area contributed by atoms with Crippen LogP contribution in [-0.2, 0) is 16.6 Å². The van der Waals surface area contributed by atoms with E-state index >= 15 is 0 Å². The van der Waals surface area contributed by atoms with Crippen molar-refractivity contribution in [3.8, 4) is 6.07 Å². The van der Waals surface area contributed by atoms with Gasteiger partial charge in [0.25, 0.3) is 11.5 Å². The number of ether oxygens (including phenoxy) is 1. The number of para-hydroxylation sites is 1. The molecule has 0 spiro atoms. The van der Waals surface area contributed by atoms with Gasteiger partial charge in [-0.1, -0.05) is 18.2 Å². The van der Waals surface area contributed by atoms with Crippen LogP contribution in [0.3, 0.4) is 0 Å². The fourth-order valence-corrected chi connectivity index (χ4v) is 4.04. The van der Waals surface area contributed by atoms with Gasteiger partial charge >= 0.3 is 0 Å². The van der Waals surface area contributed by atoms with Gasteiger partial charge in [0.1, 0.15) is 17.7 Å². The van der Waals surface area contributed by atoms with Gasteiger partial charge in [-0.05, 0) is 18.9 Å². The zero-order valence-electron chi connectivity index (χ0n) is 16.1. The van der Waals surface area contributed by atoms with E-state index in [1.165, 1.54) is 4.57 Å². The Bertz CT molecular complexity index is 980. The molecule has 2 aliphatic rings. The van der Waals surface area contributed by atoms with Gasteiger partial charge in [0.2, 0.25) is 0 Å². The number of amides is 1. The monoisotopic (exact) mass is 383 g/mol. The van der Waals surface area contributed by atoms with Gasteiger partial charge < -0.3 is 25.3 Å². The van der Waals surface area contributed by atoms with Crippen LogP contribution in [0.1, 0.15) is 18.4 Å². The number of piperazine rings is 1. The number of fused-ring (bicyclic) bond motifs is 1. The minimum atomic E-state index is -0.309. The number of nitrogens with zero attached hydrogens (tertiary/aromatic N) is 4. The molecule has 8 heteroatoms. The highest BCUT2D eigenvalue weighted by atomic mass is 16.5. The minimum Gasteiger partial charge on any atom is -0.368 e. The van der Waals surface area contributed by atoms with Crippen LogP contribution in [0.2, 0.25) is 0 Å². The molecule has 2 aromatic rings. The van der Waals surface area contributed by atoms with Crippen molar-refractivity contribution in [2.75, 3.05) is 37.7 Å². The highest BCUT2D eigenvalue weighted by molar-refractivity contribution is 5.95. The largest absolute Gasteiger partial charge is 0.368 e. The van der Waals surface area contributed by atoms with Crippen molar-refractivity contribution in [1.29, 1.82) is 5.26 Å². The number of aromatic nitrogens is 1. The second kappa shape index (κ2) is 8.00. The Morgan fingerprint density at radius 3 is 2.57 bits per heavy atom. The summed E-state index contributed by atoms with van der Waals surface area (Å²) in [5.41, 5.74) is 1.36. The van der Waals surface area contributed by atoms with E-state index in [0.29, 0.717) is 38.5 Å². The van der Waals surface area contributed by atoms with Gasteiger partial charge in [-0.15, -0.1) is 0 Å². The zero-order chi connectivity index (χ0) is 19.0. The van der Waals surface area contributed by atoms with E-state index in [1.54, 1.807) is 7.05 Å². The molecule has 1 atom stereocenters. The van der Waals surface area contributed by atoms with Crippen molar-refractivity contribution >= 4 is 22.5 Å². The SMILES string of the molecule is Cn1c(=O)c(C#N)c(N2CCN(C(=O)C3CCCO3)CC2)c2ccccc21.N. The first kappa shape index (κ1) is 19.9. The fourth-order valence-electron chi connectivity index (χ4n) is 4.04. The van der Waals surface area contributed by atoms with E-state index in [2.05, 4.69) is 11.0 Å². The molecule has 0 radical (unpaired) electrons. The normalized spacial score (nSPS) is 19.4. The predicted molar refractivity (Wildman–Crippen MR) is 107 cm³/mol. The van der Waals surface area contributed by atoms with Gasteiger partial charge in [0, 0.05) is 45.2 Å². The highest BCUT2D eigenvalue weighted by Gasteiger charge is 2.31. The summed E-state index contributed by atoms with van der Waals surface area (Å²) in [6, 6.07) is 9.72. The molecule has 2 fully saturated rings. The number of hydrogen-bond acceptors (Lipinski definition) is 6. The number of aryl methyl sites for hydroxylation is 1. The lowest BCUT2D eigenvalue weighted by Crippen LogP contribution is -2.52. The first-order chi connectivity index (χ1) is 13.1. The Kier molecular flexibility index (Phi) is 5.68. The second-order valence-corrected chi connectivity index (χ2v) is 7.03. The van der Waals surface area contributed by atoms with E-state index in [-0.39, 0.29) is 29.3 Å². The maximum absolute atomic E-state index is 12.7. The molecule has 8 nitrogen and oxygen atoms in total. The van der Waals surface area contributed by atoms with Crippen molar-refractivity contribution in [1.82, 2.24) is 15.6 Å². The third-order valence-corrected chi connectivity index (χ3v) is 5.50. The van der Waals surface area contributed by atoms with Crippen LogP contribution in [-0.4, -0.2) is 54.3 Å². The molecule has 2 saturated heterocycles. The van der Waals surface area contributed by atoms with Crippen LogP contribution >= 0.6 is 0 Å². The van der Waals surface area contributed by atoms with Crippen molar-refractivity contribution in [3.05, 3.63) is 40.2 Å². The molecule has 0 saturated carbocycles. The van der Waals surface area contributed by atoms with Crippen molar-refractivity contribution in [2.24, 2.45) is 7.05 Å². The van der Waals surface area contributed by atoms with Gasteiger partial charge in [-0.3, -0.25) is 9.59 Å². The van der Waals surface area contributed by atoms with Gasteiger partial charge in [0.05, 0.1) is 11.2 Å². The van der Waals surface area contributed by atoms with Crippen molar-refractivity contribution in [2.45, 2.75) is 18.9 Å². The Hall–Kier alpha value is -2.89. The molecule has 2 aliphatic heterocycles. The lowest BCUT2D eigenvalue weighted by atomic mass is 10.1. The molecule has 1 amide bonds. The minimum absolute atomic E-state index is 0. The van der Waals surface area contributed by atoms with Crippen LogP contribution in [0.5, 0.6) is 0 Å². The number of anilines is 1. The maximum Gasteiger partial charge on any atom is 0.270 e. The summed E-state index contributed by atoms with van der Waals surface area (Å²) in [6.07, 6.45) is 1.41. The van der Waals surface area contributed by atoms with E-state index in [9.17, 15) is 14.9 Å². The molecule has 0 bridgehead atoms. The number of carbonyl (C=O) groups excluding carboxylic acids is 1. The number of hydrogen-bond donors (Lipinski definition) is 1. The van der Waals surface area contributed by atoms with Crippen LogP contribution in [0.4, 0.5) is 5.69 Å². The lowest BCUT2D eigenvalue weighted by Gasteiger charge is -2.37. The third-order valence-electron chi connectivity index (χ3n) is 5.50. The molecule has 28 heavy (non-hydrogen) atoms. The lowest BCUT2D eigenvalue weighted by molar-refractivity contribution is -0.141. The molecule has 1 aromatic heterocycles. The molecule has 0 aliphatic carbocycles. The summed E-state index contributed by atoms with van der Waals surface area (Å²) >= 11 is 0. The Morgan fingerprint density at radius 1 is 1.21 bits per heavy atom. The van der Waals surface area contributed by atoms with Crippen LogP contribution in [0.25, 0.3) is 10.9 Å². The maximum atomic E-state index is 12.7. The third kappa shape index (κ3) is 3.23. The molecule has 3 N–H and O–H groups in total. The average Bonchev–Trinajstić information content (AvgIpc) is 3.25. The standard InChI is InChI=1S/C20H22N4O3.H3N/c1-22-16-6-3-2-5-14(16)18(15(13-21)19(22)25)23-8-10-24(11-9-23)20(26)17-7-4-12-27-17;/h2-3,5-6,17H,4,7-12H2,1H3;1H3. The smallest absolute Gasteiger partial charge is 0.270 e. The second-order valence-electron chi connectivity index (χ2n) is 7.03. The summed E-state index contributed by atoms with van der Waals surface area (Å²) in [5.74, 6) is 0.0569. The molecule has 3 heterocycles. The summed E-state index contributed by atoms with van der Waals surface area (Å²) < 4.78 is 7.03. The Balaban J connectivity index is 0.00000225. The van der Waals surface area contributed by atoms with Gasteiger partial charge in [-0.25, -0.2) is 0 Å². The molecular weight excluding hydrogens is 358 g/mol. The Morgan fingerprint density at radius 2 is 1.93 bits per heavy atom. The van der Waals surface area contributed by atoms with Crippen LogP contribution < -0.4 is 16.6 Å². The average molecular weight is 383 g/mol. The van der Waals surface area contributed by atoms with Crippen LogP contribution in [0, 0.1) is 11.3 Å². The number of benzene rings is 1. The van der Waals surface area contributed by atoms with E-state index in [1.807, 2.05) is 29.2 Å². The number of pyridine rings is 1. The summed E-state index contributed by atoms with van der Waals surface area (Å²) in [4.78, 5) is 29.1. The molecule has 4 rings (SSSR count). The number of nitriles is 1. The fraction of sp³-hybridized carbons (Fsp3) is 0.450. The topological polar surface area (TPSA) is 114 Å². The summed E-state index contributed by atoms with van der Waals surface area (Å²) in [6.45, 7) is 2.95. The molecule has 148 valence electrons. The van der Waals surface area contributed by atoms with Crippen LogP contribution in [0.15, 0.2) is 29.1 Å². The van der Waals surface area contributed by atoms with Gasteiger partial charge in [0.15, 0.2) is 0 Å². The highest BCUT2D eigenvalue weighted by Crippen LogP contribution is 2.29. The summed E-state index contributed by atoms with van der Waals surface area (Å²) in [5, 5.41) is 10.5. The summed E-state index contributed by atoms with van der Waals surface area (Å²) in [7, 11) is 1.69. The zero-order valence-corrected chi connectivity index (χ0v) is 16.1. The van der Waals surface area contributed by atoms with Gasteiger partial charge in [-0.2, -0.15) is 5.26 Å². The molecule has 1 unspecified atom stereocenters. The predicted octanol–water partition coefficient (Wildman–Crippen LogP) is 1.40. The van der Waals surface area contributed by atoms with E-state index < -0.39 is 0 Å². The number of carbonyl (C=O) groups is 1. The van der Waals surface area contributed by atoms with E-state index in [0.717, 1.165) is 23.7 Å². The first-order valence-corrected chi connectivity index (χ1v) is 9.29. The quantitative estimate of drug-likeness (QED) is 0.838. The number of rotatable bonds is 2. The Labute approximate surface area is 163 Å². The van der Waals surface area contributed by atoms with Crippen molar-refractivity contribution in [3.63, 3.8) is 0 Å². The molecular formula is C20H25N5O3. The van der Waals surface area contributed by atoms with E-state index in [4.69, 9.17) is 4.74 Å². The van der Waals surface area contributed by atoms with Crippen molar-refractivity contribution < 1.29 is 9.53 Å². The molecule has 1 aromatic carbocycles. The first-order valence-electron chi connectivity index (χ1n) is 9.29.